The quantitative estimate of drug-likeness (QED) is 0.387. The summed E-state index contributed by atoms with van der Waals surface area (Å²) in [6, 6.07) is 0.271. The number of hydrogen-bond donors (Lipinski definition) is 5. The van der Waals surface area contributed by atoms with Crippen LogP contribution in [0.4, 0.5) is 0 Å². The van der Waals surface area contributed by atoms with Gasteiger partial charge in [-0.2, -0.15) is 0 Å². The number of carbonyl (C=O) groups is 1. The molecule has 5 N–H and O–H groups in total. The number of hydrogen-bond acceptors (Lipinski definition) is 10. The van der Waals surface area contributed by atoms with Gasteiger partial charge >= 0.3 is 5.97 Å². The Balaban J connectivity index is 1.60. The monoisotopic (exact) mass is 493 g/mol. The van der Waals surface area contributed by atoms with Gasteiger partial charge in [-0.15, -0.1) is 0 Å². The molecule has 1 aliphatic carbocycles. The van der Waals surface area contributed by atoms with E-state index >= 15 is 0 Å². The minimum atomic E-state index is -1.54. The van der Waals surface area contributed by atoms with Crippen LogP contribution < -0.4 is 4.74 Å². The van der Waals surface area contributed by atoms with E-state index in [1.54, 1.807) is 0 Å². The Bertz CT molecular complexity index is 1040. The number of nitrogens with zero attached hydrogens (tertiary/aromatic N) is 1. The fourth-order valence-corrected chi connectivity index (χ4v) is 7.23. The van der Waals surface area contributed by atoms with Gasteiger partial charge < -0.3 is 39.7 Å². The largest absolute Gasteiger partial charge is 0.504 e. The number of benzene rings is 1. The minimum Gasteiger partial charge on any atom is -0.504 e. The molecule has 194 valence electrons. The molecule has 0 aromatic heterocycles. The smallest absolute Gasteiger partial charge is 0.339 e. The van der Waals surface area contributed by atoms with E-state index in [1.807, 2.05) is 0 Å². The zero-order valence-corrected chi connectivity index (χ0v) is 20.5. The molecule has 4 aliphatic rings. The number of phenolic OH excluding ortho intramolecular Hbond substituents is 2. The number of phenols is 2. The highest BCUT2D eigenvalue weighted by Gasteiger charge is 2.54. The van der Waals surface area contributed by atoms with E-state index in [0.29, 0.717) is 0 Å². The first-order valence-corrected chi connectivity index (χ1v) is 12.1. The van der Waals surface area contributed by atoms with E-state index in [4.69, 9.17) is 14.2 Å². The van der Waals surface area contributed by atoms with Gasteiger partial charge in [0.15, 0.2) is 17.6 Å². The molecule has 0 radical (unpaired) electrons. The van der Waals surface area contributed by atoms with Gasteiger partial charge in [-0.1, -0.05) is 20.8 Å². The van der Waals surface area contributed by atoms with Crippen molar-refractivity contribution in [1.82, 2.24) is 4.90 Å². The standard InChI is InChI=1S/C25H35NO9/c1-24(2)5-11-6-25(3,9-24)10-26(11)7-12-14-15(18(30)21(33-4)16(12)28)20-22(35-23(14)32)19(31)17(29)13(8-27)34-20/h11,13,17,19-20,22,27-31H,5-10H2,1-4H3/t11?,13-,17-,19+,20+,22-,25?/m1/s1. The van der Waals surface area contributed by atoms with Gasteiger partial charge in [0.05, 0.1) is 19.3 Å². The molecule has 1 saturated carbocycles. The molecule has 0 amide bonds. The highest BCUT2D eigenvalue weighted by atomic mass is 16.6. The molecule has 2 unspecified atom stereocenters. The molecule has 3 aliphatic heterocycles. The van der Waals surface area contributed by atoms with Crippen molar-refractivity contribution < 1.29 is 44.5 Å². The van der Waals surface area contributed by atoms with Crippen LogP contribution in [0, 0.1) is 10.8 Å². The summed E-state index contributed by atoms with van der Waals surface area (Å²) < 4.78 is 16.6. The lowest BCUT2D eigenvalue weighted by Crippen LogP contribution is -2.58. The Labute approximate surface area is 204 Å². The Kier molecular flexibility index (Phi) is 5.76. The molecule has 3 fully saturated rings. The van der Waals surface area contributed by atoms with Crippen molar-refractivity contribution in [2.75, 3.05) is 20.3 Å². The second-order valence-electron chi connectivity index (χ2n) is 11.7. The molecule has 35 heavy (non-hydrogen) atoms. The predicted octanol–water partition coefficient (Wildman–Crippen LogP) is 1.20. The van der Waals surface area contributed by atoms with E-state index < -0.39 is 48.8 Å². The molecule has 1 aromatic carbocycles. The third kappa shape index (κ3) is 3.77. The van der Waals surface area contributed by atoms with E-state index in [1.165, 1.54) is 7.11 Å². The number of fused-ring (bicyclic) bond motifs is 5. The molecule has 10 heteroatoms. The van der Waals surface area contributed by atoms with Crippen molar-refractivity contribution in [1.29, 1.82) is 0 Å². The molecule has 7 atom stereocenters. The summed E-state index contributed by atoms with van der Waals surface area (Å²) >= 11 is 0. The third-order valence-corrected chi connectivity index (χ3v) is 8.23. The first-order valence-electron chi connectivity index (χ1n) is 12.1. The summed E-state index contributed by atoms with van der Waals surface area (Å²) in [5, 5.41) is 52.6. The molecular formula is C25H35NO9. The topological polar surface area (TPSA) is 149 Å². The summed E-state index contributed by atoms with van der Waals surface area (Å²) in [4.78, 5) is 15.5. The number of carbonyl (C=O) groups excluding carboxylic acids is 1. The van der Waals surface area contributed by atoms with Crippen LogP contribution in [0.5, 0.6) is 17.2 Å². The molecule has 5 rings (SSSR count). The lowest BCUT2D eigenvalue weighted by Gasteiger charge is -2.45. The van der Waals surface area contributed by atoms with Crippen LogP contribution in [0.2, 0.25) is 0 Å². The molecule has 0 spiro atoms. The SMILES string of the molecule is COc1c(O)c(CN2CC3(C)CC2CC(C)(C)C3)c2c(c1O)[C@@H]1O[C@H](CO)[C@@H](O)[C@H](O)[C@H]1OC2=O. The summed E-state index contributed by atoms with van der Waals surface area (Å²) in [7, 11) is 1.30. The maximum Gasteiger partial charge on any atom is 0.339 e. The number of likely N-dealkylation sites (tertiary alicyclic amines) is 1. The lowest BCUT2D eigenvalue weighted by atomic mass is 9.65. The van der Waals surface area contributed by atoms with Crippen molar-refractivity contribution >= 4 is 5.97 Å². The second-order valence-corrected chi connectivity index (χ2v) is 11.7. The molecular weight excluding hydrogens is 458 g/mol. The Morgan fingerprint density at radius 1 is 1.11 bits per heavy atom. The lowest BCUT2D eigenvalue weighted by molar-refractivity contribution is -0.235. The van der Waals surface area contributed by atoms with Gasteiger partial charge in [0.25, 0.3) is 0 Å². The molecule has 2 bridgehead atoms. The van der Waals surface area contributed by atoms with E-state index in [-0.39, 0.29) is 51.6 Å². The van der Waals surface area contributed by atoms with Crippen LogP contribution in [0.25, 0.3) is 0 Å². The molecule has 2 saturated heterocycles. The number of ether oxygens (including phenoxy) is 3. The van der Waals surface area contributed by atoms with Crippen molar-refractivity contribution in [3.8, 4) is 17.2 Å². The second kappa shape index (κ2) is 8.21. The third-order valence-electron chi connectivity index (χ3n) is 8.23. The zero-order chi connectivity index (χ0) is 25.4. The zero-order valence-electron chi connectivity index (χ0n) is 20.5. The number of aromatic hydroxyl groups is 2. The van der Waals surface area contributed by atoms with Crippen molar-refractivity contribution in [2.45, 2.75) is 83.1 Å². The normalized spacial score (nSPS) is 38.0. The molecule has 1 aromatic rings. The minimum absolute atomic E-state index is 0.0222. The Hall–Kier alpha value is -2.11. The Morgan fingerprint density at radius 2 is 1.83 bits per heavy atom. The number of methoxy groups -OCH3 is 1. The van der Waals surface area contributed by atoms with Crippen molar-refractivity contribution in [3.63, 3.8) is 0 Å². The number of aliphatic hydroxyl groups excluding tert-OH is 3. The van der Waals surface area contributed by atoms with Crippen LogP contribution in [0.1, 0.15) is 67.6 Å². The summed E-state index contributed by atoms with van der Waals surface area (Å²) in [5.74, 6) is -1.88. The van der Waals surface area contributed by atoms with Gasteiger partial charge in [-0.3, -0.25) is 4.90 Å². The van der Waals surface area contributed by atoms with Crippen molar-refractivity contribution in [3.05, 3.63) is 16.7 Å². The molecule has 3 heterocycles. The van der Waals surface area contributed by atoms with Crippen LogP contribution in [-0.2, 0) is 16.0 Å². The first-order chi connectivity index (χ1) is 16.4. The van der Waals surface area contributed by atoms with Crippen LogP contribution in [0.3, 0.4) is 0 Å². The van der Waals surface area contributed by atoms with Crippen LogP contribution in [-0.4, -0.2) is 87.1 Å². The van der Waals surface area contributed by atoms with Gasteiger partial charge in [-0.25, -0.2) is 4.79 Å². The van der Waals surface area contributed by atoms with Gasteiger partial charge in [-0.05, 0) is 30.1 Å². The average molecular weight is 494 g/mol. The van der Waals surface area contributed by atoms with Crippen molar-refractivity contribution in [2.24, 2.45) is 10.8 Å². The van der Waals surface area contributed by atoms with Gasteiger partial charge in [0.1, 0.15) is 24.4 Å². The summed E-state index contributed by atoms with van der Waals surface area (Å²) in [6.45, 7) is 7.25. The summed E-state index contributed by atoms with van der Waals surface area (Å²) in [5.41, 5.74) is 0.549. The maximum absolute atomic E-state index is 13.2. The maximum atomic E-state index is 13.2. The fourth-order valence-electron chi connectivity index (χ4n) is 7.23. The number of aliphatic hydroxyl groups is 3. The van der Waals surface area contributed by atoms with E-state index in [2.05, 4.69) is 25.7 Å². The number of esters is 1. The Morgan fingerprint density at radius 3 is 2.49 bits per heavy atom. The van der Waals surface area contributed by atoms with Gasteiger partial charge in [0, 0.05) is 30.3 Å². The summed E-state index contributed by atoms with van der Waals surface area (Å²) in [6.07, 6.45) is -3.55. The highest BCUT2D eigenvalue weighted by Crippen LogP contribution is 2.55. The van der Waals surface area contributed by atoms with Crippen LogP contribution in [0.15, 0.2) is 0 Å². The van der Waals surface area contributed by atoms with E-state index in [9.17, 15) is 30.3 Å². The average Bonchev–Trinajstić information content (AvgIpc) is 3.01. The predicted molar refractivity (Wildman–Crippen MR) is 122 cm³/mol. The van der Waals surface area contributed by atoms with Gasteiger partial charge in [0.2, 0.25) is 5.75 Å². The highest BCUT2D eigenvalue weighted by molar-refractivity contribution is 5.97. The first kappa shape index (κ1) is 24.6. The fraction of sp³-hybridized carbons (Fsp3) is 0.720. The van der Waals surface area contributed by atoms with E-state index in [0.717, 1.165) is 25.8 Å². The number of rotatable bonds is 4. The molecule has 10 nitrogen and oxygen atoms in total. The van der Waals surface area contributed by atoms with Crippen LogP contribution >= 0.6 is 0 Å².